The first-order chi connectivity index (χ1) is 7.24. The van der Waals surface area contributed by atoms with Crippen LogP contribution in [0.4, 0.5) is 11.5 Å². The quantitative estimate of drug-likeness (QED) is 0.622. The normalized spacial score (nSPS) is 10.3. The number of aliphatic hydroxyl groups excluding tert-OH is 1. The van der Waals surface area contributed by atoms with Crippen LogP contribution in [0.2, 0.25) is 0 Å². The molecule has 1 aromatic heterocycles. The first kappa shape index (κ1) is 11.8. The van der Waals surface area contributed by atoms with Crippen molar-refractivity contribution in [3.05, 3.63) is 17.8 Å². The number of aliphatic hydroxyl groups is 1. The van der Waals surface area contributed by atoms with Crippen LogP contribution in [0.1, 0.15) is 24.8 Å². The summed E-state index contributed by atoms with van der Waals surface area (Å²) in [5.41, 5.74) is 7.53. The molecule has 1 heterocycles. The fourth-order valence-electron chi connectivity index (χ4n) is 1.27. The van der Waals surface area contributed by atoms with Gasteiger partial charge in [-0.25, -0.2) is 4.98 Å². The van der Waals surface area contributed by atoms with Gasteiger partial charge in [-0.1, -0.05) is 0 Å². The van der Waals surface area contributed by atoms with Crippen molar-refractivity contribution in [3.63, 3.8) is 0 Å². The Balaban J connectivity index is 2.28. The molecule has 0 radical (unpaired) electrons. The minimum atomic E-state index is 0.274. The molecular formula is C11H19N3O. The van der Waals surface area contributed by atoms with Gasteiger partial charge < -0.3 is 16.2 Å². The van der Waals surface area contributed by atoms with Gasteiger partial charge in [-0.05, 0) is 31.7 Å². The monoisotopic (exact) mass is 209 g/mol. The van der Waals surface area contributed by atoms with E-state index in [0.717, 1.165) is 42.9 Å². The van der Waals surface area contributed by atoms with E-state index in [9.17, 15) is 0 Å². The van der Waals surface area contributed by atoms with Crippen LogP contribution in [0.15, 0.2) is 12.3 Å². The van der Waals surface area contributed by atoms with Crippen molar-refractivity contribution in [1.29, 1.82) is 0 Å². The molecule has 0 fully saturated rings. The van der Waals surface area contributed by atoms with Gasteiger partial charge in [0.2, 0.25) is 0 Å². The highest BCUT2D eigenvalue weighted by Gasteiger charge is 1.97. The van der Waals surface area contributed by atoms with E-state index in [0.29, 0.717) is 0 Å². The third-order valence-electron chi connectivity index (χ3n) is 2.29. The van der Waals surface area contributed by atoms with Gasteiger partial charge in [0.1, 0.15) is 5.82 Å². The Labute approximate surface area is 90.5 Å². The molecule has 0 saturated carbocycles. The molecule has 0 spiro atoms. The molecule has 0 atom stereocenters. The lowest BCUT2D eigenvalue weighted by molar-refractivity contribution is 0.283. The first-order valence-electron chi connectivity index (χ1n) is 5.31. The van der Waals surface area contributed by atoms with Gasteiger partial charge in [0.25, 0.3) is 0 Å². The Morgan fingerprint density at radius 1 is 1.40 bits per heavy atom. The number of aryl methyl sites for hydroxylation is 1. The number of hydrogen-bond acceptors (Lipinski definition) is 4. The van der Waals surface area contributed by atoms with E-state index in [4.69, 9.17) is 10.8 Å². The third-order valence-corrected chi connectivity index (χ3v) is 2.29. The van der Waals surface area contributed by atoms with Gasteiger partial charge in [0.05, 0.1) is 0 Å². The number of unbranched alkanes of at least 4 members (excludes halogenated alkanes) is 2. The van der Waals surface area contributed by atoms with Crippen molar-refractivity contribution >= 4 is 11.5 Å². The number of nitrogens with one attached hydrogen (secondary N) is 1. The van der Waals surface area contributed by atoms with Crippen molar-refractivity contribution in [3.8, 4) is 0 Å². The zero-order valence-corrected chi connectivity index (χ0v) is 9.16. The van der Waals surface area contributed by atoms with E-state index in [1.807, 2.05) is 13.0 Å². The van der Waals surface area contributed by atoms with Gasteiger partial charge in [-0.3, -0.25) is 0 Å². The predicted molar refractivity (Wildman–Crippen MR) is 62.8 cm³/mol. The molecule has 0 bridgehead atoms. The number of aromatic nitrogens is 1. The SMILES string of the molecule is Cc1cnc(NCCCCCO)cc1N. The number of rotatable bonds is 6. The molecule has 0 aliphatic rings. The minimum Gasteiger partial charge on any atom is -0.398 e. The molecule has 0 aliphatic heterocycles. The summed E-state index contributed by atoms with van der Waals surface area (Å²) in [4.78, 5) is 4.22. The summed E-state index contributed by atoms with van der Waals surface area (Å²) in [6.07, 6.45) is 4.71. The van der Waals surface area contributed by atoms with Gasteiger partial charge >= 0.3 is 0 Å². The van der Waals surface area contributed by atoms with Crippen LogP contribution in [0, 0.1) is 6.92 Å². The molecular weight excluding hydrogens is 190 g/mol. The lowest BCUT2D eigenvalue weighted by atomic mass is 10.2. The maximum Gasteiger partial charge on any atom is 0.127 e. The van der Waals surface area contributed by atoms with Crippen molar-refractivity contribution in [2.24, 2.45) is 0 Å². The number of nitrogens with zero attached hydrogens (tertiary/aromatic N) is 1. The van der Waals surface area contributed by atoms with Crippen LogP contribution in [0.25, 0.3) is 0 Å². The largest absolute Gasteiger partial charge is 0.398 e. The van der Waals surface area contributed by atoms with Gasteiger partial charge in [0.15, 0.2) is 0 Å². The fraction of sp³-hybridized carbons (Fsp3) is 0.545. The second-order valence-corrected chi connectivity index (χ2v) is 3.64. The molecule has 15 heavy (non-hydrogen) atoms. The number of nitrogen functional groups attached to an aromatic ring is 1. The van der Waals surface area contributed by atoms with Crippen LogP contribution in [-0.4, -0.2) is 23.2 Å². The highest BCUT2D eigenvalue weighted by Crippen LogP contribution is 2.13. The minimum absolute atomic E-state index is 0.274. The van der Waals surface area contributed by atoms with Crippen molar-refractivity contribution < 1.29 is 5.11 Å². The second kappa shape index (κ2) is 6.24. The molecule has 4 nitrogen and oxygen atoms in total. The molecule has 0 aromatic carbocycles. The lowest BCUT2D eigenvalue weighted by Crippen LogP contribution is -2.04. The second-order valence-electron chi connectivity index (χ2n) is 3.64. The molecule has 84 valence electrons. The fourth-order valence-corrected chi connectivity index (χ4v) is 1.27. The Hall–Kier alpha value is -1.29. The van der Waals surface area contributed by atoms with Crippen LogP contribution < -0.4 is 11.1 Å². The summed E-state index contributed by atoms with van der Waals surface area (Å²) in [5.74, 6) is 0.821. The molecule has 0 saturated heterocycles. The van der Waals surface area contributed by atoms with Crippen molar-refractivity contribution in [2.75, 3.05) is 24.2 Å². The van der Waals surface area contributed by atoms with Gasteiger partial charge in [0, 0.05) is 31.1 Å². The Morgan fingerprint density at radius 2 is 2.20 bits per heavy atom. The van der Waals surface area contributed by atoms with E-state index in [-0.39, 0.29) is 6.61 Å². The Kier molecular flexibility index (Phi) is 4.90. The molecule has 1 rings (SSSR count). The molecule has 0 unspecified atom stereocenters. The van der Waals surface area contributed by atoms with Crippen LogP contribution in [-0.2, 0) is 0 Å². The third kappa shape index (κ3) is 4.16. The standard InChI is InChI=1S/C11H19N3O/c1-9-8-14-11(7-10(9)12)13-5-3-2-4-6-15/h7-8,15H,2-6H2,1H3,(H3,12,13,14). The van der Waals surface area contributed by atoms with Crippen LogP contribution in [0.5, 0.6) is 0 Å². The van der Waals surface area contributed by atoms with E-state index >= 15 is 0 Å². The summed E-state index contributed by atoms with van der Waals surface area (Å²) >= 11 is 0. The highest BCUT2D eigenvalue weighted by atomic mass is 16.2. The van der Waals surface area contributed by atoms with Crippen LogP contribution >= 0.6 is 0 Å². The van der Waals surface area contributed by atoms with Gasteiger partial charge in [-0.2, -0.15) is 0 Å². The summed E-state index contributed by atoms with van der Waals surface area (Å²) < 4.78 is 0. The van der Waals surface area contributed by atoms with Crippen molar-refractivity contribution in [2.45, 2.75) is 26.2 Å². The Morgan fingerprint density at radius 3 is 2.87 bits per heavy atom. The Bertz CT molecular complexity index is 302. The van der Waals surface area contributed by atoms with E-state index < -0.39 is 0 Å². The van der Waals surface area contributed by atoms with Crippen molar-refractivity contribution in [1.82, 2.24) is 4.98 Å². The lowest BCUT2D eigenvalue weighted by Gasteiger charge is -2.06. The maximum absolute atomic E-state index is 8.60. The zero-order valence-electron chi connectivity index (χ0n) is 9.16. The van der Waals surface area contributed by atoms with E-state index in [1.165, 1.54) is 0 Å². The summed E-state index contributed by atoms with van der Waals surface area (Å²) in [6, 6.07) is 1.85. The number of pyridine rings is 1. The first-order valence-corrected chi connectivity index (χ1v) is 5.31. The smallest absolute Gasteiger partial charge is 0.127 e. The number of nitrogens with two attached hydrogens (primary N) is 1. The molecule has 0 amide bonds. The summed E-state index contributed by atoms with van der Waals surface area (Å²) in [6.45, 7) is 3.08. The van der Waals surface area contributed by atoms with Crippen LogP contribution in [0.3, 0.4) is 0 Å². The predicted octanol–water partition coefficient (Wildman–Crippen LogP) is 1.55. The molecule has 4 N–H and O–H groups in total. The zero-order chi connectivity index (χ0) is 11.1. The van der Waals surface area contributed by atoms with Gasteiger partial charge in [-0.15, -0.1) is 0 Å². The average molecular weight is 209 g/mol. The van der Waals surface area contributed by atoms with E-state index in [2.05, 4.69) is 10.3 Å². The molecule has 0 aliphatic carbocycles. The highest BCUT2D eigenvalue weighted by molar-refractivity contribution is 5.53. The average Bonchev–Trinajstić information content (AvgIpc) is 2.23. The maximum atomic E-state index is 8.60. The molecule has 4 heteroatoms. The number of hydrogen-bond donors (Lipinski definition) is 3. The topological polar surface area (TPSA) is 71.2 Å². The summed E-state index contributed by atoms with van der Waals surface area (Å²) in [5, 5.41) is 11.8. The van der Waals surface area contributed by atoms with E-state index in [1.54, 1.807) is 6.20 Å². The summed E-state index contributed by atoms with van der Waals surface area (Å²) in [7, 11) is 0. The number of anilines is 2. The molecule has 1 aromatic rings.